The Bertz CT molecular complexity index is 417. The number of hydrogen-bond acceptors (Lipinski definition) is 2. The van der Waals surface area contributed by atoms with Crippen molar-refractivity contribution in [2.45, 2.75) is 56.9 Å². The average Bonchev–Trinajstić information content (AvgIpc) is 2.10. The van der Waals surface area contributed by atoms with Crippen molar-refractivity contribution in [3.8, 4) is 0 Å². The molecule has 1 unspecified atom stereocenters. The molecule has 4 rings (SSSR count). The lowest BCUT2D eigenvalue weighted by Gasteiger charge is -2.57. The minimum atomic E-state index is -3.61. The van der Waals surface area contributed by atoms with E-state index < -0.39 is 14.8 Å². The second-order valence-corrected chi connectivity index (χ2v) is 9.86. The van der Waals surface area contributed by atoms with Crippen LogP contribution in [0.4, 0.5) is 4.39 Å². The summed E-state index contributed by atoms with van der Waals surface area (Å²) in [6.07, 6.45) is 8.37. The molecule has 18 heavy (non-hydrogen) atoms. The molecule has 4 bridgehead atoms. The van der Waals surface area contributed by atoms with Crippen LogP contribution in [0, 0.1) is 23.2 Å². The molecule has 104 valence electrons. The number of sulfone groups is 1. The van der Waals surface area contributed by atoms with Gasteiger partial charge in [0.15, 0.2) is 9.84 Å². The van der Waals surface area contributed by atoms with Gasteiger partial charge in [0.25, 0.3) is 0 Å². The first-order chi connectivity index (χ1) is 8.19. The highest BCUT2D eigenvalue weighted by Crippen LogP contribution is 2.62. The maximum Gasteiger partial charge on any atom is 0.208 e. The third kappa shape index (κ3) is 2.00. The van der Waals surface area contributed by atoms with Crippen molar-refractivity contribution >= 4 is 9.84 Å². The minimum absolute atomic E-state index is 0.0126. The van der Waals surface area contributed by atoms with Gasteiger partial charge in [-0.3, -0.25) is 0 Å². The molecule has 0 aromatic heterocycles. The first kappa shape index (κ1) is 12.9. The highest BCUT2D eigenvalue weighted by molar-refractivity contribution is 7.91. The van der Waals surface area contributed by atoms with E-state index in [4.69, 9.17) is 0 Å². The lowest BCUT2D eigenvalue weighted by molar-refractivity contribution is -0.0705. The van der Waals surface area contributed by atoms with Crippen molar-refractivity contribution in [3.05, 3.63) is 0 Å². The Morgan fingerprint density at radius 1 is 1.11 bits per heavy atom. The molecule has 0 aromatic rings. The Hall–Kier alpha value is -0.120. The highest BCUT2D eigenvalue weighted by Gasteiger charge is 2.54. The van der Waals surface area contributed by atoms with Crippen LogP contribution in [0.25, 0.3) is 0 Å². The summed E-state index contributed by atoms with van der Waals surface area (Å²) in [5.74, 6) is 2.23. The summed E-state index contributed by atoms with van der Waals surface area (Å²) >= 11 is 0. The van der Waals surface area contributed by atoms with Crippen molar-refractivity contribution in [1.82, 2.24) is 0 Å². The predicted molar refractivity (Wildman–Crippen MR) is 69.6 cm³/mol. The van der Waals surface area contributed by atoms with Crippen LogP contribution in [0.1, 0.15) is 51.9 Å². The maximum atomic E-state index is 14.5. The summed E-state index contributed by atoms with van der Waals surface area (Å²) in [5, 5.41) is -2.04. The molecule has 2 nitrogen and oxygen atoms in total. The number of alkyl halides is 1. The average molecular weight is 274 g/mol. The van der Waals surface area contributed by atoms with E-state index in [-0.39, 0.29) is 11.8 Å². The largest absolute Gasteiger partial charge is 0.227 e. The van der Waals surface area contributed by atoms with Crippen molar-refractivity contribution in [3.63, 3.8) is 0 Å². The van der Waals surface area contributed by atoms with Crippen LogP contribution in [0.2, 0.25) is 0 Å². The van der Waals surface area contributed by atoms with E-state index in [9.17, 15) is 12.8 Å². The van der Waals surface area contributed by atoms with Crippen LogP contribution < -0.4 is 0 Å². The van der Waals surface area contributed by atoms with E-state index in [2.05, 4.69) is 0 Å². The van der Waals surface area contributed by atoms with Crippen molar-refractivity contribution in [2.75, 3.05) is 6.26 Å². The van der Waals surface area contributed by atoms with Crippen molar-refractivity contribution in [1.29, 1.82) is 0 Å². The van der Waals surface area contributed by atoms with Gasteiger partial charge in [0.05, 0.1) is 0 Å². The van der Waals surface area contributed by atoms with Gasteiger partial charge in [0.1, 0.15) is 0 Å². The molecule has 0 N–H and O–H groups in total. The van der Waals surface area contributed by atoms with E-state index in [1.54, 1.807) is 0 Å². The lowest BCUT2D eigenvalue weighted by atomic mass is 9.48. The second kappa shape index (κ2) is 3.71. The van der Waals surface area contributed by atoms with Gasteiger partial charge in [-0.2, -0.15) is 0 Å². The van der Waals surface area contributed by atoms with Gasteiger partial charge in [0, 0.05) is 12.7 Å². The molecule has 0 heterocycles. The predicted octanol–water partition coefficient (Wildman–Crippen LogP) is 3.32. The van der Waals surface area contributed by atoms with Crippen LogP contribution >= 0.6 is 0 Å². The maximum absolute atomic E-state index is 14.5. The van der Waals surface area contributed by atoms with Gasteiger partial charge in [0.2, 0.25) is 5.00 Å². The lowest BCUT2D eigenvalue weighted by Crippen LogP contribution is -2.49. The molecule has 1 atom stereocenters. The molecule has 0 amide bonds. The molecule has 0 aromatic carbocycles. The van der Waals surface area contributed by atoms with E-state index in [0.29, 0.717) is 0 Å². The monoisotopic (exact) mass is 274 g/mol. The fourth-order valence-corrected chi connectivity index (χ4v) is 5.88. The Labute approximate surface area is 109 Å². The first-order valence-electron chi connectivity index (χ1n) is 7.08. The molecule has 4 aliphatic rings. The molecule has 4 fully saturated rings. The summed E-state index contributed by atoms with van der Waals surface area (Å²) in [5.41, 5.74) is -0.0126. The zero-order valence-corrected chi connectivity index (χ0v) is 12.1. The molecular formula is C14H23FO2S. The third-order valence-corrected chi connectivity index (χ3v) is 7.32. The van der Waals surface area contributed by atoms with Gasteiger partial charge < -0.3 is 0 Å². The first-order valence-corrected chi connectivity index (χ1v) is 8.97. The summed E-state index contributed by atoms with van der Waals surface area (Å²) in [4.78, 5) is 0. The van der Waals surface area contributed by atoms with E-state index in [1.807, 2.05) is 0 Å². The van der Waals surface area contributed by atoms with Crippen LogP contribution in [0.15, 0.2) is 0 Å². The van der Waals surface area contributed by atoms with Crippen LogP contribution in [0.5, 0.6) is 0 Å². The van der Waals surface area contributed by atoms with E-state index in [0.717, 1.165) is 43.3 Å². The number of rotatable bonds is 3. The van der Waals surface area contributed by atoms with Crippen LogP contribution in [-0.4, -0.2) is 19.7 Å². The van der Waals surface area contributed by atoms with Gasteiger partial charge >= 0.3 is 0 Å². The van der Waals surface area contributed by atoms with Gasteiger partial charge in [-0.05, 0) is 68.6 Å². The summed E-state index contributed by atoms with van der Waals surface area (Å²) in [6, 6.07) is 0. The van der Waals surface area contributed by atoms with Crippen molar-refractivity contribution in [2.24, 2.45) is 23.2 Å². The topological polar surface area (TPSA) is 34.1 Å². The van der Waals surface area contributed by atoms with Crippen LogP contribution in [0.3, 0.4) is 0 Å². The van der Waals surface area contributed by atoms with E-state index in [1.165, 1.54) is 26.2 Å². The molecular weight excluding hydrogens is 251 g/mol. The Morgan fingerprint density at radius 2 is 1.50 bits per heavy atom. The number of hydrogen-bond donors (Lipinski definition) is 0. The smallest absolute Gasteiger partial charge is 0.208 e. The Kier molecular flexibility index (Phi) is 2.66. The fraction of sp³-hybridized carbons (Fsp3) is 1.00. The summed E-state index contributed by atoms with van der Waals surface area (Å²) in [6.45, 7) is 1.26. The van der Waals surface area contributed by atoms with Gasteiger partial charge in [-0.1, -0.05) is 0 Å². The van der Waals surface area contributed by atoms with E-state index >= 15 is 0 Å². The molecule has 4 saturated carbocycles. The van der Waals surface area contributed by atoms with Crippen LogP contribution in [-0.2, 0) is 9.84 Å². The van der Waals surface area contributed by atoms with Gasteiger partial charge in [-0.25, -0.2) is 12.8 Å². The molecule has 4 heteroatoms. The number of halogens is 1. The summed E-state index contributed by atoms with van der Waals surface area (Å²) < 4.78 is 37.7. The quantitative estimate of drug-likeness (QED) is 0.791. The normalized spacial score (nSPS) is 46.1. The molecule has 0 radical (unpaired) electrons. The fourth-order valence-electron chi connectivity index (χ4n) is 5.31. The molecule has 0 spiro atoms. The second-order valence-electron chi connectivity index (χ2n) is 7.47. The molecule has 4 aliphatic carbocycles. The zero-order chi connectivity index (χ0) is 13.2. The minimum Gasteiger partial charge on any atom is -0.227 e. The molecule has 0 saturated heterocycles. The third-order valence-electron chi connectivity index (χ3n) is 5.63. The molecule has 0 aliphatic heterocycles. The van der Waals surface area contributed by atoms with Gasteiger partial charge in [-0.15, -0.1) is 0 Å². The Balaban J connectivity index is 1.84. The summed E-state index contributed by atoms with van der Waals surface area (Å²) in [7, 11) is -3.61. The zero-order valence-electron chi connectivity index (χ0n) is 11.3. The highest BCUT2D eigenvalue weighted by atomic mass is 32.2. The SMILES string of the molecule is CC(F)(CC12CC3CC(CC(C3)C1)C2)S(C)(=O)=O. The van der Waals surface area contributed by atoms with Crippen molar-refractivity contribution < 1.29 is 12.8 Å². The standard InChI is InChI=1S/C14H23FO2S/c1-13(15,18(2,16)17)9-14-6-10-3-11(7-14)5-12(4-10)8-14/h10-12H,3-9H2,1-2H3. The Morgan fingerprint density at radius 3 is 1.83 bits per heavy atom.